The van der Waals surface area contributed by atoms with Gasteiger partial charge in [-0.1, -0.05) is 0 Å². The Hall–Kier alpha value is -2.17. The third-order valence-electron chi connectivity index (χ3n) is 7.04. The van der Waals surface area contributed by atoms with Crippen molar-refractivity contribution in [2.24, 2.45) is 0 Å². The van der Waals surface area contributed by atoms with Crippen LogP contribution in [0.2, 0.25) is 0 Å². The number of hydrogen-bond acceptors (Lipinski definition) is 8. The molecule has 0 unspecified atom stereocenters. The molecule has 9 nitrogen and oxygen atoms in total. The minimum atomic E-state index is -2.92. The summed E-state index contributed by atoms with van der Waals surface area (Å²) in [5.41, 5.74) is 6.40. The first kappa shape index (κ1) is 21.7. The maximum Gasteiger partial charge on any atom is 0.159 e. The number of anilines is 1. The van der Waals surface area contributed by atoms with Gasteiger partial charge in [-0.2, -0.15) is 5.10 Å². The van der Waals surface area contributed by atoms with Gasteiger partial charge in [0.25, 0.3) is 0 Å². The van der Waals surface area contributed by atoms with Crippen LogP contribution < -0.4 is 10.8 Å². The molecular formula is C22H31N5O4S. The number of fused-ring (bicyclic) bond motifs is 1. The Morgan fingerprint density at radius 3 is 2.69 bits per heavy atom. The van der Waals surface area contributed by atoms with Crippen LogP contribution in [0.1, 0.15) is 51.0 Å². The van der Waals surface area contributed by atoms with Crippen LogP contribution in [0.15, 0.2) is 18.5 Å². The number of aromatic nitrogens is 3. The predicted octanol–water partition coefficient (Wildman–Crippen LogP) is 2.64. The van der Waals surface area contributed by atoms with Gasteiger partial charge in [-0.3, -0.25) is 10.3 Å². The van der Waals surface area contributed by atoms with Crippen LogP contribution >= 0.6 is 0 Å². The first-order chi connectivity index (χ1) is 15.4. The lowest BCUT2D eigenvalue weighted by atomic mass is 9.82. The summed E-state index contributed by atoms with van der Waals surface area (Å²) in [6.45, 7) is 2.76. The van der Waals surface area contributed by atoms with Crippen molar-refractivity contribution in [3.05, 3.63) is 24.0 Å². The largest absolute Gasteiger partial charge is 0.381 e. The highest BCUT2D eigenvalue weighted by Crippen LogP contribution is 2.41. The number of ether oxygens (including phenoxy) is 1. The number of hydrogen-bond donors (Lipinski definition) is 2. The molecule has 2 aromatic heterocycles. The number of nitrogens with one attached hydrogen (secondary N) is 2. The molecule has 2 aliphatic heterocycles. The Balaban J connectivity index is 1.49. The Morgan fingerprint density at radius 2 is 2.00 bits per heavy atom. The number of hydroxylamine groups is 1. The summed E-state index contributed by atoms with van der Waals surface area (Å²) < 4.78 is 31.2. The molecule has 174 valence electrons. The molecule has 0 atom stereocenters. The average molecular weight is 462 g/mol. The summed E-state index contributed by atoms with van der Waals surface area (Å²) >= 11 is 0. The molecule has 1 saturated carbocycles. The minimum Gasteiger partial charge on any atom is -0.381 e. The van der Waals surface area contributed by atoms with Crippen molar-refractivity contribution in [3.8, 4) is 0 Å². The fraction of sp³-hybridized carbons (Fsp3) is 0.636. The number of methoxy groups -OCH3 is 1. The molecule has 4 heterocycles. The third-order valence-corrected chi connectivity index (χ3v) is 8.76. The molecule has 1 saturated heterocycles. The highest BCUT2D eigenvalue weighted by Gasteiger charge is 2.40. The lowest BCUT2D eigenvalue weighted by Gasteiger charge is -2.33. The van der Waals surface area contributed by atoms with Crippen molar-refractivity contribution >= 4 is 32.3 Å². The van der Waals surface area contributed by atoms with Gasteiger partial charge in [-0.05, 0) is 51.5 Å². The fourth-order valence-electron chi connectivity index (χ4n) is 5.03. The Bertz CT molecular complexity index is 1120. The van der Waals surface area contributed by atoms with Gasteiger partial charge in [0, 0.05) is 31.5 Å². The molecule has 0 amide bonds. The van der Waals surface area contributed by atoms with E-state index in [-0.39, 0.29) is 23.1 Å². The van der Waals surface area contributed by atoms with Gasteiger partial charge in [-0.15, -0.1) is 0 Å². The van der Waals surface area contributed by atoms with Crippen LogP contribution in [0.5, 0.6) is 0 Å². The van der Waals surface area contributed by atoms with Crippen LogP contribution in [0.3, 0.4) is 0 Å². The zero-order valence-corrected chi connectivity index (χ0v) is 19.5. The van der Waals surface area contributed by atoms with Crippen molar-refractivity contribution in [2.75, 3.05) is 23.9 Å². The molecule has 2 N–H and O–H groups in total. The topological polar surface area (TPSA) is 107 Å². The molecule has 32 heavy (non-hydrogen) atoms. The van der Waals surface area contributed by atoms with E-state index in [1.807, 2.05) is 24.0 Å². The van der Waals surface area contributed by atoms with Crippen LogP contribution in [0.4, 0.5) is 5.69 Å². The lowest BCUT2D eigenvalue weighted by molar-refractivity contribution is -0.0800. The standard InChI is InChI=1S/C22H31N5O4S/c1-3-27-21-18(14-24-27)20(25-15-6-10-32(28,29)11-7-15)17(13-23-21)19-12-22(31-26-19)8-4-16(30-2)5-9-22/h12-16,26H,3-11H2,1-2H3,(H,23,25). The van der Waals surface area contributed by atoms with Crippen molar-refractivity contribution in [1.29, 1.82) is 0 Å². The molecule has 0 bridgehead atoms. The van der Waals surface area contributed by atoms with Gasteiger partial charge in [0.2, 0.25) is 0 Å². The molecule has 2 aromatic rings. The summed E-state index contributed by atoms with van der Waals surface area (Å²) in [5, 5.41) is 9.07. The molecule has 1 spiro atoms. The first-order valence-electron chi connectivity index (χ1n) is 11.4. The van der Waals surface area contributed by atoms with E-state index in [4.69, 9.17) is 14.6 Å². The van der Waals surface area contributed by atoms with E-state index >= 15 is 0 Å². The fourth-order valence-corrected chi connectivity index (χ4v) is 6.52. The zero-order chi connectivity index (χ0) is 22.3. The van der Waals surface area contributed by atoms with E-state index in [1.54, 1.807) is 7.11 Å². The van der Waals surface area contributed by atoms with Gasteiger partial charge >= 0.3 is 0 Å². The molecule has 2 fully saturated rings. The van der Waals surface area contributed by atoms with Crippen molar-refractivity contribution in [3.63, 3.8) is 0 Å². The van der Waals surface area contributed by atoms with Crippen LogP contribution in [-0.2, 0) is 26.0 Å². The molecule has 1 aliphatic carbocycles. The number of sulfone groups is 1. The molecule has 10 heteroatoms. The number of rotatable bonds is 5. The number of pyridine rings is 1. The minimum absolute atomic E-state index is 0.0851. The quantitative estimate of drug-likeness (QED) is 0.700. The summed E-state index contributed by atoms with van der Waals surface area (Å²) in [4.78, 5) is 10.8. The summed E-state index contributed by atoms with van der Waals surface area (Å²) in [5.74, 6) is 0.437. The smallest absolute Gasteiger partial charge is 0.159 e. The van der Waals surface area contributed by atoms with Crippen molar-refractivity contribution < 1.29 is 18.0 Å². The normalized spacial score (nSPS) is 23.4. The second-order valence-electron chi connectivity index (χ2n) is 9.08. The van der Waals surface area contributed by atoms with Crippen LogP contribution in [0, 0.1) is 0 Å². The van der Waals surface area contributed by atoms with Gasteiger partial charge in [0.1, 0.15) is 15.4 Å². The van der Waals surface area contributed by atoms with E-state index in [0.29, 0.717) is 18.9 Å². The number of nitrogens with zero attached hydrogens (tertiary/aromatic N) is 3. The second kappa shape index (κ2) is 8.31. The number of aryl methyl sites for hydroxylation is 1. The monoisotopic (exact) mass is 461 g/mol. The average Bonchev–Trinajstić information content (AvgIpc) is 3.40. The lowest BCUT2D eigenvalue weighted by Crippen LogP contribution is -2.36. The first-order valence-corrected chi connectivity index (χ1v) is 13.3. The summed E-state index contributed by atoms with van der Waals surface area (Å²) in [7, 11) is -1.16. The SMILES string of the molecule is CCn1ncc2c(NC3CCS(=O)(=O)CC3)c(C3=CC4(CCC(OC)CC4)ON3)cnc21. The van der Waals surface area contributed by atoms with Crippen molar-refractivity contribution in [2.45, 2.75) is 69.7 Å². The van der Waals surface area contributed by atoms with Gasteiger partial charge in [0.15, 0.2) is 5.65 Å². The molecule has 5 rings (SSSR count). The maximum absolute atomic E-state index is 11.9. The van der Waals surface area contributed by atoms with E-state index in [0.717, 1.165) is 60.2 Å². The van der Waals surface area contributed by atoms with E-state index in [1.165, 1.54) is 0 Å². The maximum atomic E-state index is 11.9. The van der Waals surface area contributed by atoms with Gasteiger partial charge in [-0.25, -0.2) is 18.1 Å². The Morgan fingerprint density at radius 1 is 1.25 bits per heavy atom. The zero-order valence-electron chi connectivity index (χ0n) is 18.6. The Labute approximate surface area is 188 Å². The van der Waals surface area contributed by atoms with E-state index in [9.17, 15) is 8.42 Å². The van der Waals surface area contributed by atoms with E-state index in [2.05, 4.69) is 22.0 Å². The van der Waals surface area contributed by atoms with Crippen LogP contribution in [-0.4, -0.2) is 59.5 Å². The van der Waals surface area contributed by atoms with Gasteiger partial charge < -0.3 is 10.1 Å². The molecular weight excluding hydrogens is 430 g/mol. The molecule has 0 radical (unpaired) electrons. The van der Waals surface area contributed by atoms with Crippen molar-refractivity contribution in [1.82, 2.24) is 20.2 Å². The van der Waals surface area contributed by atoms with Gasteiger partial charge in [0.05, 0.1) is 40.6 Å². The third kappa shape index (κ3) is 3.99. The molecule has 3 aliphatic rings. The second-order valence-corrected chi connectivity index (χ2v) is 11.4. The highest BCUT2D eigenvalue weighted by atomic mass is 32.2. The van der Waals surface area contributed by atoms with E-state index < -0.39 is 9.84 Å². The van der Waals surface area contributed by atoms with Crippen LogP contribution in [0.25, 0.3) is 16.7 Å². The highest BCUT2D eigenvalue weighted by molar-refractivity contribution is 7.91. The molecule has 0 aromatic carbocycles. The Kier molecular flexibility index (Phi) is 5.63. The summed E-state index contributed by atoms with van der Waals surface area (Å²) in [6.07, 6.45) is 11.1. The predicted molar refractivity (Wildman–Crippen MR) is 123 cm³/mol. The summed E-state index contributed by atoms with van der Waals surface area (Å²) in [6, 6.07) is 0.0851.